The van der Waals surface area contributed by atoms with Crippen LogP contribution in [0, 0.1) is 0 Å². The number of likely N-dealkylation sites (N-methyl/N-ethyl adjacent to an activating group) is 1. The van der Waals surface area contributed by atoms with E-state index in [9.17, 15) is 41.0 Å². The maximum atomic E-state index is 13.5. The van der Waals surface area contributed by atoms with E-state index in [4.69, 9.17) is 4.74 Å². The Morgan fingerprint density at radius 3 is 1.95 bits per heavy atom. The number of carbonyl (C=O) groups excluding carboxylic acids is 1. The van der Waals surface area contributed by atoms with Crippen LogP contribution < -0.4 is 4.74 Å². The van der Waals surface area contributed by atoms with E-state index in [-0.39, 0.29) is 18.0 Å². The van der Waals surface area contributed by atoms with Gasteiger partial charge in [-0.25, -0.2) is 4.79 Å². The standard InChI is InChI=1S/C28H31F6N3O4/c1-35(25(38)18-13-19(27(29,30)31)15-20(14-18)28(32,33)34)24-9-12-37(21-7-10-36(11-8-21)26(39)40)16-23(24)17-3-5-22(41-2)6-4-17/h3-6,13-15,21,23-24H,7-12,16H2,1-2H3,(H,39,40)/t23-,24+/m0/s1. The molecule has 224 valence electrons. The normalized spacial score (nSPS) is 21.0. The van der Waals surface area contributed by atoms with Crippen molar-refractivity contribution in [2.45, 2.75) is 49.6 Å². The van der Waals surface area contributed by atoms with Crippen LogP contribution in [0.4, 0.5) is 31.1 Å². The van der Waals surface area contributed by atoms with Gasteiger partial charge in [0.1, 0.15) is 5.75 Å². The van der Waals surface area contributed by atoms with Crippen molar-refractivity contribution in [3.63, 3.8) is 0 Å². The van der Waals surface area contributed by atoms with Gasteiger partial charge in [0, 0.05) is 56.8 Å². The molecule has 2 aliphatic heterocycles. The van der Waals surface area contributed by atoms with Crippen molar-refractivity contribution >= 4 is 12.0 Å². The Labute approximate surface area is 233 Å². The average molecular weight is 588 g/mol. The third-order valence-corrected chi connectivity index (χ3v) is 8.06. The Balaban J connectivity index is 1.63. The molecule has 0 unspecified atom stereocenters. The largest absolute Gasteiger partial charge is 0.497 e. The Bertz CT molecular complexity index is 1210. The Kier molecular flexibility index (Phi) is 8.76. The molecule has 41 heavy (non-hydrogen) atoms. The summed E-state index contributed by atoms with van der Waals surface area (Å²) in [5, 5.41) is 9.27. The maximum Gasteiger partial charge on any atom is 0.416 e. The molecule has 0 saturated carbocycles. The first kappa shape index (κ1) is 30.5. The minimum Gasteiger partial charge on any atom is -0.497 e. The number of nitrogens with zero attached hydrogens (tertiary/aromatic N) is 3. The number of alkyl halides is 6. The van der Waals surface area contributed by atoms with Gasteiger partial charge < -0.3 is 19.6 Å². The summed E-state index contributed by atoms with van der Waals surface area (Å²) in [5.41, 5.74) is -2.94. The summed E-state index contributed by atoms with van der Waals surface area (Å²) >= 11 is 0. The van der Waals surface area contributed by atoms with Crippen LogP contribution in [0.15, 0.2) is 42.5 Å². The molecule has 7 nitrogen and oxygen atoms in total. The molecule has 0 aliphatic carbocycles. The molecule has 2 aromatic rings. The van der Waals surface area contributed by atoms with Gasteiger partial charge in [0.15, 0.2) is 0 Å². The fourth-order valence-corrected chi connectivity index (χ4v) is 5.79. The van der Waals surface area contributed by atoms with Crippen LogP contribution in [-0.2, 0) is 12.4 Å². The molecule has 2 amide bonds. The molecule has 2 fully saturated rings. The summed E-state index contributed by atoms with van der Waals surface area (Å²) in [7, 11) is 2.92. The van der Waals surface area contributed by atoms with Crippen LogP contribution in [0.3, 0.4) is 0 Å². The zero-order valence-electron chi connectivity index (χ0n) is 22.5. The predicted molar refractivity (Wildman–Crippen MR) is 137 cm³/mol. The molecule has 0 bridgehead atoms. The first-order valence-electron chi connectivity index (χ1n) is 13.1. The Hall–Kier alpha value is -3.48. The van der Waals surface area contributed by atoms with Crippen molar-refractivity contribution in [2.24, 2.45) is 0 Å². The number of piperidine rings is 2. The molecule has 2 aromatic carbocycles. The number of benzene rings is 2. The number of ether oxygens (including phenoxy) is 1. The number of methoxy groups -OCH3 is 1. The van der Waals surface area contributed by atoms with Crippen molar-refractivity contribution in [2.75, 3.05) is 40.3 Å². The molecular weight excluding hydrogens is 556 g/mol. The van der Waals surface area contributed by atoms with E-state index < -0.39 is 47.1 Å². The van der Waals surface area contributed by atoms with Crippen LogP contribution in [0.2, 0.25) is 0 Å². The second-order valence-electron chi connectivity index (χ2n) is 10.4. The third-order valence-electron chi connectivity index (χ3n) is 8.06. The zero-order chi connectivity index (χ0) is 30.1. The number of likely N-dealkylation sites (tertiary alicyclic amines) is 2. The highest BCUT2D eigenvalue weighted by molar-refractivity contribution is 5.95. The van der Waals surface area contributed by atoms with Gasteiger partial charge in [0.05, 0.1) is 18.2 Å². The highest BCUT2D eigenvalue weighted by Gasteiger charge is 2.41. The van der Waals surface area contributed by atoms with Crippen molar-refractivity contribution in [3.05, 3.63) is 64.7 Å². The highest BCUT2D eigenvalue weighted by atomic mass is 19.4. The van der Waals surface area contributed by atoms with Gasteiger partial charge in [0.2, 0.25) is 0 Å². The van der Waals surface area contributed by atoms with Gasteiger partial charge in [-0.2, -0.15) is 26.3 Å². The van der Waals surface area contributed by atoms with Crippen molar-refractivity contribution < 1.29 is 45.8 Å². The number of carbonyl (C=O) groups is 2. The van der Waals surface area contributed by atoms with Crippen molar-refractivity contribution in [3.8, 4) is 5.75 Å². The first-order valence-corrected chi connectivity index (χ1v) is 13.1. The van der Waals surface area contributed by atoms with E-state index in [1.165, 1.54) is 24.0 Å². The average Bonchev–Trinajstić information content (AvgIpc) is 2.95. The molecule has 4 rings (SSSR count). The van der Waals surface area contributed by atoms with E-state index in [1.54, 1.807) is 12.1 Å². The van der Waals surface area contributed by atoms with Crippen LogP contribution in [0.5, 0.6) is 5.75 Å². The van der Waals surface area contributed by atoms with Gasteiger partial charge in [-0.15, -0.1) is 0 Å². The van der Waals surface area contributed by atoms with Gasteiger partial charge in [0.25, 0.3) is 5.91 Å². The monoisotopic (exact) mass is 587 g/mol. The topological polar surface area (TPSA) is 73.3 Å². The quantitative estimate of drug-likeness (QED) is 0.448. The van der Waals surface area contributed by atoms with E-state index in [0.717, 1.165) is 5.56 Å². The summed E-state index contributed by atoms with van der Waals surface area (Å²) in [6.07, 6.45) is -9.42. The maximum absolute atomic E-state index is 13.5. The summed E-state index contributed by atoms with van der Waals surface area (Å²) in [4.78, 5) is 29.6. The molecular formula is C28H31F6N3O4. The number of carboxylic acid groups (broad SMARTS) is 1. The summed E-state index contributed by atoms with van der Waals surface area (Å²) in [5.74, 6) is -0.644. The fraction of sp³-hybridized carbons (Fsp3) is 0.500. The van der Waals surface area contributed by atoms with Crippen molar-refractivity contribution in [1.82, 2.24) is 14.7 Å². The van der Waals surface area contributed by atoms with Crippen LogP contribution >= 0.6 is 0 Å². The smallest absolute Gasteiger partial charge is 0.416 e. The second-order valence-corrected chi connectivity index (χ2v) is 10.4. The lowest BCUT2D eigenvalue weighted by molar-refractivity contribution is -0.143. The summed E-state index contributed by atoms with van der Waals surface area (Å²) in [6, 6.07) is 7.67. The number of halogens is 6. The van der Waals surface area contributed by atoms with Crippen LogP contribution in [-0.4, -0.2) is 84.2 Å². The van der Waals surface area contributed by atoms with Gasteiger partial charge in [-0.1, -0.05) is 12.1 Å². The molecule has 0 spiro atoms. The second kappa shape index (κ2) is 11.8. The molecule has 1 N–H and O–H groups in total. The molecule has 2 aliphatic rings. The lowest BCUT2D eigenvalue weighted by Crippen LogP contribution is -2.55. The number of rotatable bonds is 5. The molecule has 2 atom stereocenters. The van der Waals surface area contributed by atoms with Gasteiger partial charge >= 0.3 is 18.4 Å². The Morgan fingerprint density at radius 2 is 1.46 bits per heavy atom. The van der Waals surface area contributed by atoms with E-state index in [2.05, 4.69) is 4.90 Å². The summed E-state index contributed by atoms with van der Waals surface area (Å²) < 4.78 is 85.9. The number of hydrogen-bond donors (Lipinski definition) is 1. The number of hydrogen-bond acceptors (Lipinski definition) is 4. The SMILES string of the molecule is COc1ccc([C@@H]2CN(C3CCN(C(=O)O)CC3)CC[C@H]2N(C)C(=O)c2cc(C(F)(F)F)cc(C(F)(F)F)c2)cc1. The van der Waals surface area contributed by atoms with E-state index in [0.29, 0.717) is 63.3 Å². The Morgan fingerprint density at radius 1 is 0.902 bits per heavy atom. The van der Waals surface area contributed by atoms with E-state index >= 15 is 0 Å². The molecule has 2 saturated heterocycles. The minimum atomic E-state index is -5.07. The van der Waals surface area contributed by atoms with Crippen LogP contribution in [0.25, 0.3) is 0 Å². The first-order chi connectivity index (χ1) is 19.2. The number of amides is 2. The third kappa shape index (κ3) is 6.88. The van der Waals surface area contributed by atoms with Crippen LogP contribution in [0.1, 0.15) is 52.2 Å². The molecule has 0 aromatic heterocycles. The molecule has 13 heteroatoms. The molecule has 2 heterocycles. The van der Waals surface area contributed by atoms with E-state index in [1.807, 2.05) is 12.1 Å². The summed E-state index contributed by atoms with van der Waals surface area (Å²) in [6.45, 7) is 1.79. The zero-order valence-corrected chi connectivity index (χ0v) is 22.5. The molecule has 0 radical (unpaired) electrons. The predicted octanol–water partition coefficient (Wildman–Crippen LogP) is 5.81. The lowest BCUT2D eigenvalue weighted by atomic mass is 9.83. The minimum absolute atomic E-state index is 0.00504. The highest BCUT2D eigenvalue weighted by Crippen LogP contribution is 2.38. The lowest BCUT2D eigenvalue weighted by Gasteiger charge is -2.47. The fourth-order valence-electron chi connectivity index (χ4n) is 5.79. The van der Waals surface area contributed by atoms with Gasteiger partial charge in [-0.3, -0.25) is 9.69 Å². The van der Waals surface area contributed by atoms with Crippen molar-refractivity contribution in [1.29, 1.82) is 0 Å². The van der Waals surface area contributed by atoms with Gasteiger partial charge in [-0.05, 0) is 55.2 Å².